The summed E-state index contributed by atoms with van der Waals surface area (Å²) < 4.78 is 49.5. The number of piperidine rings is 1. The molecule has 3 saturated heterocycles. The van der Waals surface area contributed by atoms with Gasteiger partial charge in [0.05, 0.1) is 12.7 Å². The summed E-state index contributed by atoms with van der Waals surface area (Å²) in [4.78, 5) is 11.6. The molecule has 1 saturated carbocycles. The van der Waals surface area contributed by atoms with Crippen molar-refractivity contribution in [1.29, 1.82) is 0 Å². The highest BCUT2D eigenvalue weighted by atomic mass is 19.4. The normalized spacial score (nSPS) is 31.5. The van der Waals surface area contributed by atoms with Crippen molar-refractivity contribution >= 4 is 5.97 Å². The molecule has 0 aromatic rings. The Hall–Kier alpha value is -0.900. The van der Waals surface area contributed by atoms with Crippen LogP contribution in [0.3, 0.4) is 0 Å². The predicted octanol–water partition coefficient (Wildman–Crippen LogP) is 3.10. The molecular formula is C20H32F3NO5. The van der Waals surface area contributed by atoms with Crippen LogP contribution in [0.25, 0.3) is 0 Å². The monoisotopic (exact) mass is 423 g/mol. The summed E-state index contributed by atoms with van der Waals surface area (Å²) in [5.41, 5.74) is 0.277. The van der Waals surface area contributed by atoms with Crippen LogP contribution in [0.5, 0.6) is 0 Å². The van der Waals surface area contributed by atoms with Crippen molar-refractivity contribution in [2.75, 3.05) is 46.1 Å². The maximum atomic E-state index is 10.6. The first-order valence-electron chi connectivity index (χ1n) is 10.6. The van der Waals surface area contributed by atoms with Gasteiger partial charge in [-0.1, -0.05) is 6.42 Å². The van der Waals surface area contributed by atoms with E-state index >= 15 is 0 Å². The number of carboxylic acid groups (broad SMARTS) is 1. The van der Waals surface area contributed by atoms with Crippen LogP contribution in [0.1, 0.15) is 44.9 Å². The topological polar surface area (TPSA) is 68.2 Å². The quantitative estimate of drug-likeness (QED) is 0.733. The fourth-order valence-electron chi connectivity index (χ4n) is 4.70. The van der Waals surface area contributed by atoms with Gasteiger partial charge in [0.1, 0.15) is 0 Å². The van der Waals surface area contributed by atoms with Crippen molar-refractivity contribution in [2.24, 2.45) is 11.3 Å². The third kappa shape index (κ3) is 6.06. The van der Waals surface area contributed by atoms with E-state index in [2.05, 4.69) is 4.90 Å². The Morgan fingerprint density at radius 3 is 2.41 bits per heavy atom. The lowest BCUT2D eigenvalue weighted by molar-refractivity contribution is -0.192. The van der Waals surface area contributed by atoms with Crippen molar-refractivity contribution in [2.45, 2.75) is 63.3 Å². The third-order valence-electron chi connectivity index (χ3n) is 6.72. The molecule has 4 fully saturated rings. The summed E-state index contributed by atoms with van der Waals surface area (Å²) in [6, 6.07) is 0.855. The molecule has 3 aliphatic heterocycles. The lowest BCUT2D eigenvalue weighted by Crippen LogP contribution is -2.56. The molecule has 3 heterocycles. The van der Waals surface area contributed by atoms with E-state index in [1.165, 1.54) is 58.0 Å². The molecule has 29 heavy (non-hydrogen) atoms. The highest BCUT2D eigenvalue weighted by molar-refractivity contribution is 5.73. The Labute approximate surface area is 169 Å². The lowest BCUT2D eigenvalue weighted by Gasteiger charge is -2.48. The first-order valence-corrected chi connectivity index (χ1v) is 10.6. The van der Waals surface area contributed by atoms with Gasteiger partial charge in [0.15, 0.2) is 0 Å². The first-order chi connectivity index (χ1) is 13.8. The smallest absolute Gasteiger partial charge is 0.475 e. The SMILES string of the molecule is C1CC(N2CC[C@H]3OCC[C@@]3(COCC3CCOCC3)C2)C1.O=C(O)C(F)(F)F. The van der Waals surface area contributed by atoms with Gasteiger partial charge in [0, 0.05) is 51.0 Å². The van der Waals surface area contributed by atoms with E-state index in [9.17, 15) is 13.2 Å². The largest absolute Gasteiger partial charge is 0.490 e. The van der Waals surface area contributed by atoms with Gasteiger partial charge >= 0.3 is 12.1 Å². The molecule has 0 amide bonds. The van der Waals surface area contributed by atoms with Crippen LogP contribution in [-0.2, 0) is 19.0 Å². The number of hydrogen-bond donors (Lipinski definition) is 1. The van der Waals surface area contributed by atoms with Gasteiger partial charge in [-0.3, -0.25) is 4.90 Å². The number of carboxylic acids is 1. The maximum absolute atomic E-state index is 10.6. The number of halogens is 3. The van der Waals surface area contributed by atoms with Crippen molar-refractivity contribution in [1.82, 2.24) is 4.90 Å². The van der Waals surface area contributed by atoms with Crippen molar-refractivity contribution in [3.63, 3.8) is 0 Å². The number of fused-ring (bicyclic) bond motifs is 1. The highest BCUT2D eigenvalue weighted by Crippen LogP contribution is 2.43. The second-order valence-corrected chi connectivity index (χ2v) is 8.69. The van der Waals surface area contributed by atoms with Gasteiger partial charge in [-0.25, -0.2) is 4.79 Å². The molecule has 1 aliphatic carbocycles. The van der Waals surface area contributed by atoms with Gasteiger partial charge in [-0.05, 0) is 44.4 Å². The summed E-state index contributed by atoms with van der Waals surface area (Å²) in [7, 11) is 0. The number of aliphatic carboxylic acids is 1. The van der Waals surface area contributed by atoms with Crippen LogP contribution < -0.4 is 0 Å². The van der Waals surface area contributed by atoms with E-state index < -0.39 is 12.1 Å². The standard InChI is InChI=1S/C18H31NO3.C2HF3O2/c1-2-16(3-1)19-8-4-17-18(13-19,7-11-22-17)14-21-12-15-5-9-20-10-6-15;3-2(4,5)1(6)7/h15-17H,1-14H2;(H,6,7)/t17-,18+;/m1./s1. The average Bonchev–Trinajstić information content (AvgIpc) is 3.04. The minimum Gasteiger partial charge on any atom is -0.475 e. The Balaban J connectivity index is 0.000000298. The van der Waals surface area contributed by atoms with Gasteiger partial charge in [0.25, 0.3) is 0 Å². The van der Waals surface area contributed by atoms with Crippen LogP contribution in [0.2, 0.25) is 0 Å². The second-order valence-electron chi connectivity index (χ2n) is 8.69. The number of carbonyl (C=O) groups is 1. The van der Waals surface area contributed by atoms with E-state index in [0.717, 1.165) is 39.1 Å². The molecule has 2 atom stereocenters. The molecule has 0 aromatic heterocycles. The Morgan fingerprint density at radius 2 is 1.83 bits per heavy atom. The molecule has 9 heteroatoms. The molecule has 0 unspecified atom stereocenters. The van der Waals surface area contributed by atoms with Crippen molar-refractivity contribution < 1.29 is 37.3 Å². The zero-order chi connectivity index (χ0) is 20.9. The van der Waals surface area contributed by atoms with Crippen LogP contribution in [0, 0.1) is 11.3 Å². The van der Waals surface area contributed by atoms with Crippen LogP contribution in [0.15, 0.2) is 0 Å². The summed E-state index contributed by atoms with van der Waals surface area (Å²) in [5, 5.41) is 7.12. The molecule has 0 radical (unpaired) electrons. The minimum atomic E-state index is -5.08. The van der Waals surface area contributed by atoms with Crippen LogP contribution in [-0.4, -0.2) is 80.4 Å². The highest BCUT2D eigenvalue weighted by Gasteiger charge is 2.49. The maximum Gasteiger partial charge on any atom is 0.490 e. The molecular weight excluding hydrogens is 391 g/mol. The van der Waals surface area contributed by atoms with E-state index in [4.69, 9.17) is 24.1 Å². The summed E-state index contributed by atoms with van der Waals surface area (Å²) >= 11 is 0. The van der Waals surface area contributed by atoms with Gasteiger partial charge < -0.3 is 19.3 Å². The predicted molar refractivity (Wildman–Crippen MR) is 98.7 cm³/mol. The fraction of sp³-hybridized carbons (Fsp3) is 0.950. The summed E-state index contributed by atoms with van der Waals surface area (Å²) in [6.07, 6.45) is 4.33. The molecule has 0 spiro atoms. The number of likely N-dealkylation sites (tertiary alicyclic amines) is 1. The Bertz CT molecular complexity index is 537. The number of alkyl halides is 3. The van der Waals surface area contributed by atoms with E-state index in [0.29, 0.717) is 12.0 Å². The number of hydrogen-bond acceptors (Lipinski definition) is 5. The van der Waals surface area contributed by atoms with Crippen LogP contribution >= 0.6 is 0 Å². The Morgan fingerprint density at radius 1 is 1.14 bits per heavy atom. The van der Waals surface area contributed by atoms with Crippen LogP contribution in [0.4, 0.5) is 13.2 Å². The number of ether oxygens (including phenoxy) is 3. The first kappa shape index (κ1) is 22.8. The van der Waals surface area contributed by atoms with Gasteiger partial charge in [-0.15, -0.1) is 0 Å². The number of rotatable bonds is 5. The van der Waals surface area contributed by atoms with E-state index in [1.807, 2.05) is 0 Å². The average molecular weight is 423 g/mol. The van der Waals surface area contributed by atoms with Gasteiger partial charge in [0.2, 0.25) is 0 Å². The third-order valence-corrected chi connectivity index (χ3v) is 6.72. The zero-order valence-electron chi connectivity index (χ0n) is 16.8. The molecule has 0 bridgehead atoms. The molecule has 6 nitrogen and oxygen atoms in total. The molecule has 4 rings (SSSR count). The number of nitrogens with zero attached hydrogens (tertiary/aromatic N) is 1. The molecule has 168 valence electrons. The minimum absolute atomic E-state index is 0.277. The fourth-order valence-corrected chi connectivity index (χ4v) is 4.70. The zero-order valence-corrected chi connectivity index (χ0v) is 16.8. The summed E-state index contributed by atoms with van der Waals surface area (Å²) in [5.74, 6) is -2.05. The second kappa shape index (κ2) is 9.94. The lowest BCUT2D eigenvalue weighted by atomic mass is 9.75. The van der Waals surface area contributed by atoms with Gasteiger partial charge in [-0.2, -0.15) is 13.2 Å². The molecule has 4 aliphatic rings. The van der Waals surface area contributed by atoms with E-state index in [-0.39, 0.29) is 5.41 Å². The van der Waals surface area contributed by atoms with E-state index in [1.54, 1.807) is 0 Å². The molecule has 0 aromatic carbocycles. The Kier molecular flexibility index (Phi) is 7.81. The van der Waals surface area contributed by atoms with Crippen molar-refractivity contribution in [3.05, 3.63) is 0 Å². The molecule has 1 N–H and O–H groups in total. The van der Waals surface area contributed by atoms with Crippen molar-refractivity contribution in [3.8, 4) is 0 Å². The summed E-state index contributed by atoms with van der Waals surface area (Å²) in [6.45, 7) is 7.02.